The summed E-state index contributed by atoms with van der Waals surface area (Å²) in [5, 5.41) is 6.08. The van der Waals surface area contributed by atoms with E-state index in [4.69, 9.17) is 11.2 Å². The van der Waals surface area contributed by atoms with Crippen LogP contribution >= 0.6 is 17.2 Å². The fourth-order valence-electron chi connectivity index (χ4n) is 4.62. The van der Waals surface area contributed by atoms with Crippen molar-refractivity contribution in [3.8, 4) is 0 Å². The first-order chi connectivity index (χ1) is 15.2. The van der Waals surface area contributed by atoms with Crippen LogP contribution in [-0.4, -0.2) is 0 Å². The molecule has 0 bridgehead atoms. The Balaban J connectivity index is 1.83. The van der Waals surface area contributed by atoms with Crippen molar-refractivity contribution in [3.63, 3.8) is 0 Å². The van der Waals surface area contributed by atoms with Crippen molar-refractivity contribution >= 4 is 43.9 Å². The van der Waals surface area contributed by atoms with Crippen LogP contribution < -0.4 is 15.9 Å². The standard InChI is InChI=1S/C29H24ClP/c30-31(27-14-4-1-5-15-27,28-16-6-2-7-17-28,29-18-8-3-9-19-29)23-24-20-21-25-12-10-11-13-26(25)22-24/h1-22H,23H2. The zero-order chi connectivity index (χ0) is 21.2. The molecule has 0 aromatic heterocycles. The Labute approximate surface area is 188 Å². The van der Waals surface area contributed by atoms with Crippen LogP contribution in [0, 0.1) is 0 Å². The van der Waals surface area contributed by atoms with Crippen molar-refractivity contribution in [1.29, 1.82) is 0 Å². The van der Waals surface area contributed by atoms with Crippen LogP contribution in [0.4, 0.5) is 0 Å². The summed E-state index contributed by atoms with van der Waals surface area (Å²) in [6, 6.07) is 47.3. The van der Waals surface area contributed by atoms with Gasteiger partial charge < -0.3 is 0 Å². The molecule has 0 fully saturated rings. The van der Waals surface area contributed by atoms with E-state index in [-0.39, 0.29) is 0 Å². The fraction of sp³-hybridized carbons (Fsp3) is 0.0345. The predicted octanol–water partition coefficient (Wildman–Crippen LogP) is 7.02. The van der Waals surface area contributed by atoms with Crippen LogP contribution in [0.2, 0.25) is 0 Å². The maximum absolute atomic E-state index is 8.19. The van der Waals surface area contributed by atoms with E-state index in [9.17, 15) is 0 Å². The molecule has 0 aliphatic carbocycles. The Morgan fingerprint density at radius 1 is 0.452 bits per heavy atom. The Bertz CT molecular complexity index is 1210. The molecule has 2 heteroatoms. The van der Waals surface area contributed by atoms with Gasteiger partial charge in [-0.05, 0) is 0 Å². The topological polar surface area (TPSA) is 0 Å². The van der Waals surface area contributed by atoms with E-state index < -0.39 is 5.96 Å². The molecular formula is C29H24ClP. The predicted molar refractivity (Wildman–Crippen MR) is 139 cm³/mol. The molecule has 0 heterocycles. The van der Waals surface area contributed by atoms with Gasteiger partial charge in [-0.25, -0.2) is 0 Å². The molecule has 5 aromatic rings. The van der Waals surface area contributed by atoms with Gasteiger partial charge in [0, 0.05) is 0 Å². The molecule has 0 N–H and O–H groups in total. The van der Waals surface area contributed by atoms with Crippen LogP contribution in [0.15, 0.2) is 133 Å². The molecule has 0 nitrogen and oxygen atoms in total. The Kier molecular flexibility index (Phi) is 5.14. The molecule has 0 saturated heterocycles. The molecule has 0 aliphatic rings. The van der Waals surface area contributed by atoms with Gasteiger partial charge in [0.25, 0.3) is 0 Å². The zero-order valence-corrected chi connectivity index (χ0v) is 18.9. The molecule has 0 radical (unpaired) electrons. The third-order valence-corrected chi connectivity index (χ3v) is 13.4. The average Bonchev–Trinajstić information content (AvgIpc) is 2.86. The number of hydrogen-bond donors (Lipinski definition) is 0. The number of benzene rings is 5. The molecule has 5 rings (SSSR count). The van der Waals surface area contributed by atoms with Crippen LogP contribution in [0.5, 0.6) is 0 Å². The second-order valence-corrected chi connectivity index (χ2v) is 14.5. The van der Waals surface area contributed by atoms with E-state index in [1.54, 1.807) is 0 Å². The van der Waals surface area contributed by atoms with Gasteiger partial charge in [0.15, 0.2) is 0 Å². The molecule has 0 aliphatic heterocycles. The van der Waals surface area contributed by atoms with E-state index in [0.29, 0.717) is 0 Å². The van der Waals surface area contributed by atoms with Gasteiger partial charge in [0.05, 0.1) is 0 Å². The molecule has 0 spiro atoms. The number of hydrogen-bond acceptors (Lipinski definition) is 0. The minimum absolute atomic E-state index is 0.760. The van der Waals surface area contributed by atoms with Crippen LogP contribution in [0.3, 0.4) is 0 Å². The number of rotatable bonds is 5. The van der Waals surface area contributed by atoms with E-state index in [1.165, 1.54) is 32.2 Å². The number of fused-ring (bicyclic) bond motifs is 1. The van der Waals surface area contributed by atoms with Gasteiger partial charge in [-0.1, -0.05) is 0 Å². The van der Waals surface area contributed by atoms with Gasteiger partial charge in [-0.15, -0.1) is 0 Å². The van der Waals surface area contributed by atoms with E-state index in [1.807, 2.05) is 0 Å². The quantitative estimate of drug-likeness (QED) is 0.258. The molecule has 31 heavy (non-hydrogen) atoms. The van der Waals surface area contributed by atoms with Crippen molar-refractivity contribution in [2.75, 3.05) is 0 Å². The van der Waals surface area contributed by atoms with Crippen molar-refractivity contribution in [2.45, 2.75) is 6.16 Å². The van der Waals surface area contributed by atoms with Gasteiger partial charge in [0.1, 0.15) is 0 Å². The summed E-state index contributed by atoms with van der Waals surface area (Å²) in [5.41, 5.74) is 1.25. The van der Waals surface area contributed by atoms with Crippen LogP contribution in [-0.2, 0) is 6.16 Å². The van der Waals surface area contributed by atoms with Crippen molar-refractivity contribution in [3.05, 3.63) is 139 Å². The summed E-state index contributed by atoms with van der Waals surface area (Å²) in [6.07, 6.45) is 0.760. The molecular weight excluding hydrogens is 415 g/mol. The monoisotopic (exact) mass is 438 g/mol. The SMILES string of the molecule is ClP(Cc1ccc2ccccc2c1)(c1ccccc1)(c1ccccc1)c1ccccc1. The molecule has 152 valence electrons. The fourth-order valence-corrected chi connectivity index (χ4v) is 10.8. The van der Waals surface area contributed by atoms with E-state index >= 15 is 0 Å². The van der Waals surface area contributed by atoms with Gasteiger partial charge in [-0.3, -0.25) is 0 Å². The third-order valence-electron chi connectivity index (χ3n) is 6.18. The normalized spacial score (nSPS) is 12.9. The third kappa shape index (κ3) is 3.37. The Hall–Kier alpha value is -2.92. The first kappa shape index (κ1) is 20.0. The summed E-state index contributed by atoms with van der Waals surface area (Å²) in [4.78, 5) is 0. The van der Waals surface area contributed by atoms with Crippen molar-refractivity contribution in [1.82, 2.24) is 0 Å². The molecule has 0 unspecified atom stereocenters. The average molecular weight is 439 g/mol. The second kappa shape index (κ2) is 7.97. The molecule has 0 amide bonds. The van der Waals surface area contributed by atoms with Gasteiger partial charge in [0.2, 0.25) is 0 Å². The first-order valence-corrected chi connectivity index (χ1v) is 13.9. The van der Waals surface area contributed by atoms with Crippen LogP contribution in [0.25, 0.3) is 10.8 Å². The van der Waals surface area contributed by atoms with Gasteiger partial charge in [-0.2, -0.15) is 0 Å². The second-order valence-electron chi connectivity index (χ2n) is 8.03. The zero-order valence-electron chi connectivity index (χ0n) is 17.2. The van der Waals surface area contributed by atoms with E-state index in [0.717, 1.165) is 6.16 Å². The molecule has 0 atom stereocenters. The first-order valence-electron chi connectivity index (χ1n) is 10.6. The summed E-state index contributed by atoms with van der Waals surface area (Å²) >= 11 is 8.19. The minimum atomic E-state index is -3.30. The molecule has 5 aromatic carbocycles. The summed E-state index contributed by atoms with van der Waals surface area (Å²) in [6.45, 7) is 0. The van der Waals surface area contributed by atoms with Crippen LogP contribution in [0.1, 0.15) is 5.56 Å². The number of halogens is 1. The Morgan fingerprint density at radius 3 is 1.35 bits per heavy atom. The summed E-state index contributed by atoms with van der Waals surface area (Å²) < 4.78 is 0. The van der Waals surface area contributed by atoms with E-state index in [2.05, 4.69) is 133 Å². The summed E-state index contributed by atoms with van der Waals surface area (Å²) in [7, 11) is 0. The molecule has 0 saturated carbocycles. The van der Waals surface area contributed by atoms with Gasteiger partial charge >= 0.3 is 189 Å². The van der Waals surface area contributed by atoms with Crippen molar-refractivity contribution in [2.24, 2.45) is 0 Å². The summed E-state index contributed by atoms with van der Waals surface area (Å²) in [5.74, 6) is -3.30. The maximum atomic E-state index is 8.19. The Morgan fingerprint density at radius 2 is 0.871 bits per heavy atom. The van der Waals surface area contributed by atoms with Crippen molar-refractivity contribution < 1.29 is 0 Å².